The molecule has 0 aromatic heterocycles. The van der Waals surface area contributed by atoms with Crippen molar-refractivity contribution in [1.82, 2.24) is 10.2 Å². The Hall–Kier alpha value is -0.420. The molecule has 0 bridgehead atoms. The van der Waals surface area contributed by atoms with Gasteiger partial charge < -0.3 is 10.1 Å². The van der Waals surface area contributed by atoms with Crippen molar-refractivity contribution in [2.24, 2.45) is 0 Å². The lowest BCUT2D eigenvalue weighted by molar-refractivity contribution is 0.0339. The van der Waals surface area contributed by atoms with Crippen molar-refractivity contribution in [3.8, 4) is 0 Å². The van der Waals surface area contributed by atoms with E-state index >= 15 is 0 Å². The highest BCUT2D eigenvalue weighted by Crippen LogP contribution is 2.23. The van der Waals surface area contributed by atoms with Gasteiger partial charge in [0.25, 0.3) is 0 Å². The Morgan fingerprint density at radius 3 is 2.63 bits per heavy atom. The molecule has 0 radical (unpaired) electrons. The number of nitrogens with zero attached hydrogens (tertiary/aromatic N) is 1. The van der Waals surface area contributed by atoms with E-state index in [1.165, 1.54) is 10.0 Å². The number of halogens is 1. The van der Waals surface area contributed by atoms with Crippen molar-refractivity contribution in [3.05, 3.63) is 34.3 Å². The molecule has 2 atom stereocenters. The van der Waals surface area contributed by atoms with E-state index in [1.54, 1.807) is 0 Å². The standard InChI is InChI=1S/C15H23BrN2O/c1-12(11-18-7-9-19-10-8-18)17-13(2)14-5-3-4-6-15(14)16/h3-6,12-13,17H,7-11H2,1-2H3. The predicted octanol–water partition coefficient (Wildman–Crippen LogP) is 2.82. The normalized spacial score (nSPS) is 20.2. The van der Waals surface area contributed by atoms with Crippen molar-refractivity contribution in [2.75, 3.05) is 32.8 Å². The van der Waals surface area contributed by atoms with Crippen molar-refractivity contribution >= 4 is 15.9 Å². The molecule has 1 aromatic carbocycles. The second-order valence-corrected chi connectivity index (χ2v) is 6.08. The zero-order valence-electron chi connectivity index (χ0n) is 11.7. The maximum Gasteiger partial charge on any atom is 0.0594 e. The Morgan fingerprint density at radius 1 is 1.26 bits per heavy atom. The van der Waals surface area contributed by atoms with Crippen LogP contribution in [0.15, 0.2) is 28.7 Å². The molecule has 0 spiro atoms. The maximum atomic E-state index is 5.38. The molecule has 3 nitrogen and oxygen atoms in total. The largest absolute Gasteiger partial charge is 0.379 e. The van der Waals surface area contributed by atoms with Crippen LogP contribution < -0.4 is 5.32 Å². The molecule has 1 fully saturated rings. The minimum absolute atomic E-state index is 0.353. The van der Waals surface area contributed by atoms with Gasteiger partial charge in [-0.15, -0.1) is 0 Å². The van der Waals surface area contributed by atoms with Gasteiger partial charge in [-0.3, -0.25) is 4.90 Å². The third kappa shape index (κ3) is 4.56. The monoisotopic (exact) mass is 326 g/mol. The summed E-state index contributed by atoms with van der Waals surface area (Å²) in [7, 11) is 0. The number of hydrogen-bond donors (Lipinski definition) is 1. The Morgan fingerprint density at radius 2 is 1.95 bits per heavy atom. The van der Waals surface area contributed by atoms with Crippen LogP contribution in [0.5, 0.6) is 0 Å². The minimum Gasteiger partial charge on any atom is -0.379 e. The Bertz CT molecular complexity index is 393. The smallest absolute Gasteiger partial charge is 0.0594 e. The van der Waals surface area contributed by atoms with Crippen LogP contribution in [0.4, 0.5) is 0 Å². The van der Waals surface area contributed by atoms with Crippen LogP contribution in [0.25, 0.3) is 0 Å². The van der Waals surface area contributed by atoms with Gasteiger partial charge in [0.1, 0.15) is 0 Å². The van der Waals surface area contributed by atoms with E-state index in [1.807, 2.05) is 0 Å². The molecule has 19 heavy (non-hydrogen) atoms. The number of rotatable bonds is 5. The van der Waals surface area contributed by atoms with Gasteiger partial charge in [-0.2, -0.15) is 0 Å². The Balaban J connectivity index is 1.84. The van der Waals surface area contributed by atoms with Gasteiger partial charge in [-0.25, -0.2) is 0 Å². The number of benzene rings is 1. The average Bonchev–Trinajstić information content (AvgIpc) is 2.40. The molecule has 4 heteroatoms. The summed E-state index contributed by atoms with van der Waals surface area (Å²) in [5.74, 6) is 0. The fourth-order valence-electron chi connectivity index (χ4n) is 2.57. The third-order valence-electron chi connectivity index (χ3n) is 3.54. The van der Waals surface area contributed by atoms with Crippen LogP contribution >= 0.6 is 15.9 Å². The van der Waals surface area contributed by atoms with Gasteiger partial charge in [0.15, 0.2) is 0 Å². The van der Waals surface area contributed by atoms with Crippen LogP contribution in [0.1, 0.15) is 25.5 Å². The maximum absolute atomic E-state index is 5.38. The lowest BCUT2D eigenvalue weighted by atomic mass is 10.1. The van der Waals surface area contributed by atoms with Gasteiger partial charge in [0.2, 0.25) is 0 Å². The lowest BCUT2D eigenvalue weighted by Gasteiger charge is -2.31. The quantitative estimate of drug-likeness (QED) is 0.900. The van der Waals surface area contributed by atoms with E-state index in [2.05, 4.69) is 64.3 Å². The van der Waals surface area contributed by atoms with Gasteiger partial charge in [-0.05, 0) is 25.5 Å². The summed E-state index contributed by atoms with van der Waals surface area (Å²) in [6.45, 7) is 9.39. The van der Waals surface area contributed by atoms with Gasteiger partial charge >= 0.3 is 0 Å². The summed E-state index contributed by atoms with van der Waals surface area (Å²) >= 11 is 3.62. The highest BCUT2D eigenvalue weighted by molar-refractivity contribution is 9.10. The first-order valence-corrected chi connectivity index (χ1v) is 7.76. The van der Waals surface area contributed by atoms with Gasteiger partial charge in [0, 0.05) is 36.2 Å². The fraction of sp³-hybridized carbons (Fsp3) is 0.600. The van der Waals surface area contributed by atoms with E-state index in [9.17, 15) is 0 Å². The molecule has 1 heterocycles. The molecule has 106 valence electrons. The topological polar surface area (TPSA) is 24.5 Å². The molecule has 1 saturated heterocycles. The van der Waals surface area contributed by atoms with Crippen molar-refractivity contribution in [3.63, 3.8) is 0 Å². The van der Waals surface area contributed by atoms with E-state index < -0.39 is 0 Å². The van der Waals surface area contributed by atoms with Crippen LogP contribution in [0.2, 0.25) is 0 Å². The Kier molecular flexibility index (Phi) is 5.82. The number of hydrogen-bond acceptors (Lipinski definition) is 3. The molecule has 0 aliphatic carbocycles. The Labute approximate surface area is 124 Å². The van der Waals surface area contributed by atoms with E-state index in [0.717, 1.165) is 32.8 Å². The van der Waals surface area contributed by atoms with Crippen LogP contribution in [0.3, 0.4) is 0 Å². The highest BCUT2D eigenvalue weighted by Gasteiger charge is 2.16. The first-order valence-electron chi connectivity index (χ1n) is 6.97. The van der Waals surface area contributed by atoms with Crippen molar-refractivity contribution in [1.29, 1.82) is 0 Å². The zero-order chi connectivity index (χ0) is 13.7. The van der Waals surface area contributed by atoms with Crippen LogP contribution in [-0.2, 0) is 4.74 Å². The second-order valence-electron chi connectivity index (χ2n) is 5.22. The number of ether oxygens (including phenoxy) is 1. The van der Waals surface area contributed by atoms with Crippen molar-refractivity contribution < 1.29 is 4.74 Å². The molecule has 0 saturated carbocycles. The van der Waals surface area contributed by atoms with Gasteiger partial charge in [0.05, 0.1) is 13.2 Å². The third-order valence-corrected chi connectivity index (χ3v) is 4.26. The minimum atomic E-state index is 0.353. The second kappa shape index (κ2) is 7.39. The predicted molar refractivity (Wildman–Crippen MR) is 82.4 cm³/mol. The van der Waals surface area contributed by atoms with Gasteiger partial charge in [-0.1, -0.05) is 34.1 Å². The molecular weight excluding hydrogens is 304 g/mol. The first-order chi connectivity index (χ1) is 9.16. The van der Waals surface area contributed by atoms with Crippen LogP contribution in [-0.4, -0.2) is 43.8 Å². The lowest BCUT2D eigenvalue weighted by Crippen LogP contribution is -2.45. The van der Waals surface area contributed by atoms with Crippen LogP contribution in [0, 0.1) is 0 Å². The summed E-state index contributed by atoms with van der Waals surface area (Å²) < 4.78 is 6.55. The number of morpholine rings is 1. The van der Waals surface area contributed by atoms with E-state index in [0.29, 0.717) is 12.1 Å². The van der Waals surface area contributed by atoms with E-state index in [4.69, 9.17) is 4.74 Å². The molecule has 1 aliphatic rings. The van der Waals surface area contributed by atoms with Crippen molar-refractivity contribution in [2.45, 2.75) is 25.9 Å². The average molecular weight is 327 g/mol. The molecule has 2 rings (SSSR count). The molecule has 1 aromatic rings. The highest BCUT2D eigenvalue weighted by atomic mass is 79.9. The zero-order valence-corrected chi connectivity index (χ0v) is 13.3. The fourth-order valence-corrected chi connectivity index (χ4v) is 3.19. The molecule has 2 unspecified atom stereocenters. The summed E-state index contributed by atoms with van der Waals surface area (Å²) in [5, 5.41) is 3.67. The first kappa shape index (κ1) is 15.0. The molecule has 1 N–H and O–H groups in total. The SMILES string of the molecule is CC(CN1CCOCC1)NC(C)c1ccccc1Br. The number of nitrogens with one attached hydrogen (secondary N) is 1. The van der Waals surface area contributed by atoms with E-state index in [-0.39, 0.29) is 0 Å². The summed E-state index contributed by atoms with van der Waals surface area (Å²) in [6.07, 6.45) is 0. The summed E-state index contributed by atoms with van der Waals surface area (Å²) in [5.41, 5.74) is 1.32. The molecular formula is C15H23BrN2O. The summed E-state index contributed by atoms with van der Waals surface area (Å²) in [4.78, 5) is 2.47. The summed E-state index contributed by atoms with van der Waals surface area (Å²) in [6, 6.07) is 9.23. The molecule has 1 aliphatic heterocycles. The molecule has 0 amide bonds.